The van der Waals surface area contributed by atoms with Crippen LogP contribution in [-0.2, 0) is 4.79 Å². The number of thioether (sulfide) groups is 1. The molecule has 7 heteroatoms. The molecule has 0 unspecified atom stereocenters. The fourth-order valence-electron chi connectivity index (χ4n) is 2.34. The van der Waals surface area contributed by atoms with Gasteiger partial charge >= 0.3 is 0 Å². The van der Waals surface area contributed by atoms with Gasteiger partial charge in [0.25, 0.3) is 0 Å². The molecule has 3 rings (SSSR count). The van der Waals surface area contributed by atoms with Crippen molar-refractivity contribution in [3.63, 3.8) is 0 Å². The number of aromatic nitrogens is 3. The second kappa shape index (κ2) is 7.72. The molecule has 2 aromatic heterocycles. The highest BCUT2D eigenvalue weighted by Crippen LogP contribution is 2.24. The summed E-state index contributed by atoms with van der Waals surface area (Å²) in [6.07, 6.45) is 5.14. The molecule has 0 atom stereocenters. The maximum atomic E-state index is 12.1. The monoisotopic (exact) mass is 372 g/mol. The molecule has 3 aromatic rings. The minimum Gasteiger partial charge on any atom is -0.310 e. The zero-order valence-electron chi connectivity index (χ0n) is 13.9. The zero-order chi connectivity index (χ0) is 17.8. The Morgan fingerprint density at radius 3 is 2.84 bits per heavy atom. The molecule has 0 aliphatic rings. The molecule has 0 saturated carbocycles. The average Bonchev–Trinajstić information content (AvgIpc) is 3.06. The van der Waals surface area contributed by atoms with E-state index in [9.17, 15) is 4.79 Å². The van der Waals surface area contributed by atoms with E-state index in [2.05, 4.69) is 35.2 Å². The Hall–Kier alpha value is -2.31. The van der Waals surface area contributed by atoms with Gasteiger partial charge in [0.1, 0.15) is 5.82 Å². The first kappa shape index (κ1) is 17.5. The van der Waals surface area contributed by atoms with Crippen LogP contribution in [0.1, 0.15) is 11.1 Å². The Morgan fingerprint density at radius 1 is 1.24 bits per heavy atom. The van der Waals surface area contributed by atoms with Gasteiger partial charge in [-0.2, -0.15) is 0 Å². The second-order valence-corrected chi connectivity index (χ2v) is 6.88. The zero-order valence-corrected chi connectivity index (χ0v) is 15.4. The van der Waals surface area contributed by atoms with Gasteiger partial charge in [0.05, 0.1) is 16.5 Å². The van der Waals surface area contributed by atoms with Gasteiger partial charge in [0.15, 0.2) is 5.16 Å². The summed E-state index contributed by atoms with van der Waals surface area (Å²) in [6.45, 7) is 4.16. The molecule has 1 aromatic carbocycles. The summed E-state index contributed by atoms with van der Waals surface area (Å²) in [7, 11) is 0. The first-order valence-electron chi connectivity index (χ1n) is 7.69. The maximum absolute atomic E-state index is 12.1. The first-order chi connectivity index (χ1) is 12.0. The number of halogens is 1. The number of nitrogens with zero attached hydrogens (tertiary/aromatic N) is 3. The number of amides is 1. The minimum atomic E-state index is -0.143. The largest absolute Gasteiger partial charge is 0.310 e. The molecule has 0 saturated heterocycles. The molecule has 0 aliphatic carbocycles. The summed E-state index contributed by atoms with van der Waals surface area (Å²) < 4.78 is 2.00. The van der Waals surface area contributed by atoms with Gasteiger partial charge in [-0.3, -0.25) is 9.36 Å². The van der Waals surface area contributed by atoms with Crippen LogP contribution >= 0.6 is 23.4 Å². The quantitative estimate of drug-likeness (QED) is 0.679. The van der Waals surface area contributed by atoms with Crippen molar-refractivity contribution in [2.24, 2.45) is 0 Å². The topological polar surface area (TPSA) is 59.8 Å². The SMILES string of the molecule is Cc1cccc(-n2ccnc2SCC(=O)Nc2ccc(Cl)cn2)c1C. The molecule has 25 heavy (non-hydrogen) atoms. The smallest absolute Gasteiger partial charge is 0.236 e. The van der Waals surface area contributed by atoms with Crippen LogP contribution in [-0.4, -0.2) is 26.2 Å². The Labute approximate surface area is 155 Å². The third-order valence-corrected chi connectivity index (χ3v) is 4.96. The lowest BCUT2D eigenvalue weighted by molar-refractivity contribution is -0.113. The molecule has 1 N–H and O–H groups in total. The van der Waals surface area contributed by atoms with E-state index < -0.39 is 0 Å². The van der Waals surface area contributed by atoms with E-state index in [4.69, 9.17) is 11.6 Å². The van der Waals surface area contributed by atoms with Crippen molar-refractivity contribution >= 4 is 35.1 Å². The van der Waals surface area contributed by atoms with Crippen LogP contribution < -0.4 is 5.32 Å². The third kappa shape index (κ3) is 4.21. The summed E-state index contributed by atoms with van der Waals surface area (Å²) in [5, 5.41) is 4.05. The number of rotatable bonds is 5. The number of hydrogen-bond acceptors (Lipinski definition) is 4. The van der Waals surface area contributed by atoms with E-state index in [-0.39, 0.29) is 11.7 Å². The van der Waals surface area contributed by atoms with Crippen LogP contribution in [0.2, 0.25) is 5.02 Å². The van der Waals surface area contributed by atoms with Crippen molar-refractivity contribution < 1.29 is 4.79 Å². The van der Waals surface area contributed by atoms with Gasteiger partial charge in [-0.25, -0.2) is 9.97 Å². The van der Waals surface area contributed by atoms with Crippen molar-refractivity contribution in [3.8, 4) is 5.69 Å². The van der Waals surface area contributed by atoms with Crippen molar-refractivity contribution in [2.75, 3.05) is 11.1 Å². The number of aryl methyl sites for hydroxylation is 1. The summed E-state index contributed by atoms with van der Waals surface area (Å²) in [5.74, 6) is 0.579. The van der Waals surface area contributed by atoms with Gasteiger partial charge in [0, 0.05) is 18.6 Å². The molecule has 1 amide bonds. The van der Waals surface area contributed by atoms with E-state index in [0.717, 1.165) is 10.8 Å². The van der Waals surface area contributed by atoms with Crippen molar-refractivity contribution in [1.29, 1.82) is 0 Å². The Bertz CT molecular complexity index is 892. The van der Waals surface area contributed by atoms with Crippen LogP contribution in [0.25, 0.3) is 5.69 Å². The standard InChI is InChI=1S/C18H17ClN4OS/c1-12-4-3-5-15(13(12)2)23-9-8-20-18(23)25-11-17(24)22-16-7-6-14(19)10-21-16/h3-10H,11H2,1-2H3,(H,21,22,24). The number of imidazole rings is 1. The molecule has 0 aliphatic heterocycles. The van der Waals surface area contributed by atoms with Crippen molar-refractivity contribution in [2.45, 2.75) is 19.0 Å². The predicted molar refractivity (Wildman–Crippen MR) is 102 cm³/mol. The summed E-state index contributed by atoms with van der Waals surface area (Å²) in [6, 6.07) is 9.50. The molecule has 5 nitrogen and oxygen atoms in total. The highest BCUT2D eigenvalue weighted by Gasteiger charge is 2.11. The maximum Gasteiger partial charge on any atom is 0.236 e. The van der Waals surface area contributed by atoms with Gasteiger partial charge in [-0.1, -0.05) is 35.5 Å². The van der Waals surface area contributed by atoms with Crippen LogP contribution in [0.3, 0.4) is 0 Å². The lowest BCUT2D eigenvalue weighted by Crippen LogP contribution is -2.15. The van der Waals surface area contributed by atoms with Crippen LogP contribution in [0.5, 0.6) is 0 Å². The van der Waals surface area contributed by atoms with E-state index in [1.54, 1.807) is 18.3 Å². The van der Waals surface area contributed by atoms with E-state index >= 15 is 0 Å². The molecule has 128 valence electrons. The van der Waals surface area contributed by atoms with Crippen molar-refractivity contribution in [1.82, 2.24) is 14.5 Å². The number of benzene rings is 1. The van der Waals surface area contributed by atoms with Crippen LogP contribution in [0, 0.1) is 13.8 Å². The lowest BCUT2D eigenvalue weighted by atomic mass is 10.1. The summed E-state index contributed by atoms with van der Waals surface area (Å²) in [5.41, 5.74) is 3.48. The number of pyridine rings is 1. The highest BCUT2D eigenvalue weighted by molar-refractivity contribution is 7.99. The number of carbonyl (C=O) groups is 1. The molecular formula is C18H17ClN4OS. The Balaban J connectivity index is 1.68. The van der Waals surface area contributed by atoms with Gasteiger partial charge < -0.3 is 5.32 Å². The second-order valence-electron chi connectivity index (χ2n) is 5.50. The first-order valence-corrected chi connectivity index (χ1v) is 9.05. The van der Waals surface area contributed by atoms with Crippen LogP contribution in [0.15, 0.2) is 54.1 Å². The fraction of sp³-hybridized carbons (Fsp3) is 0.167. The van der Waals surface area contributed by atoms with Crippen LogP contribution in [0.4, 0.5) is 5.82 Å². The minimum absolute atomic E-state index is 0.143. The van der Waals surface area contributed by atoms with Gasteiger partial charge in [-0.05, 0) is 43.2 Å². The van der Waals surface area contributed by atoms with E-state index in [1.807, 2.05) is 22.9 Å². The molecule has 0 radical (unpaired) electrons. The Morgan fingerprint density at radius 2 is 2.08 bits per heavy atom. The number of carbonyl (C=O) groups excluding carboxylic acids is 1. The van der Waals surface area contributed by atoms with Gasteiger partial charge in [-0.15, -0.1) is 0 Å². The van der Waals surface area contributed by atoms with E-state index in [0.29, 0.717) is 10.8 Å². The molecule has 2 heterocycles. The molecule has 0 bridgehead atoms. The van der Waals surface area contributed by atoms with Crippen molar-refractivity contribution in [3.05, 3.63) is 65.1 Å². The molecule has 0 spiro atoms. The normalized spacial score (nSPS) is 10.7. The number of nitrogens with one attached hydrogen (secondary N) is 1. The van der Waals surface area contributed by atoms with E-state index in [1.165, 1.54) is 29.1 Å². The molecule has 0 fully saturated rings. The average molecular weight is 373 g/mol. The number of hydrogen-bond donors (Lipinski definition) is 1. The third-order valence-electron chi connectivity index (χ3n) is 3.77. The van der Waals surface area contributed by atoms with Gasteiger partial charge in [0.2, 0.25) is 5.91 Å². The Kier molecular flexibility index (Phi) is 5.40. The summed E-state index contributed by atoms with van der Waals surface area (Å²) in [4.78, 5) is 20.5. The summed E-state index contributed by atoms with van der Waals surface area (Å²) >= 11 is 7.17. The fourth-order valence-corrected chi connectivity index (χ4v) is 3.21. The number of anilines is 1. The molecular weight excluding hydrogens is 356 g/mol. The highest BCUT2D eigenvalue weighted by atomic mass is 35.5. The predicted octanol–water partition coefficient (Wildman–Crippen LogP) is 4.27. The lowest BCUT2D eigenvalue weighted by Gasteiger charge is -2.12.